The quantitative estimate of drug-likeness (QED) is 0.588. The number of thiazole rings is 1. The summed E-state index contributed by atoms with van der Waals surface area (Å²) in [5, 5.41) is 0. The third kappa shape index (κ3) is 3.50. The van der Waals surface area contributed by atoms with E-state index < -0.39 is 12.0 Å². The topological polar surface area (TPSA) is 83.0 Å². The zero-order valence-corrected chi connectivity index (χ0v) is 17.6. The summed E-state index contributed by atoms with van der Waals surface area (Å²) in [6.45, 7) is 3.72. The highest BCUT2D eigenvalue weighted by Gasteiger charge is 2.33. The van der Waals surface area contributed by atoms with Gasteiger partial charge < -0.3 is 13.9 Å². The van der Waals surface area contributed by atoms with Gasteiger partial charge >= 0.3 is 5.97 Å². The number of nitrogens with zero attached hydrogens (tertiary/aromatic N) is 2. The van der Waals surface area contributed by atoms with Crippen molar-refractivity contribution < 1.29 is 18.7 Å². The summed E-state index contributed by atoms with van der Waals surface area (Å²) >= 11 is 1.25. The van der Waals surface area contributed by atoms with Gasteiger partial charge in [0.1, 0.15) is 11.5 Å². The van der Waals surface area contributed by atoms with Gasteiger partial charge in [-0.15, -0.1) is 0 Å². The van der Waals surface area contributed by atoms with Crippen molar-refractivity contribution in [1.29, 1.82) is 0 Å². The van der Waals surface area contributed by atoms with E-state index in [9.17, 15) is 9.59 Å². The third-order valence-corrected chi connectivity index (χ3v) is 5.73. The van der Waals surface area contributed by atoms with E-state index in [4.69, 9.17) is 13.9 Å². The number of hydrogen-bond donors (Lipinski definition) is 0. The maximum Gasteiger partial charge on any atom is 0.338 e. The van der Waals surface area contributed by atoms with Crippen LogP contribution in [0.25, 0.3) is 6.08 Å². The number of carbonyl (C=O) groups excluding carboxylic acids is 1. The smallest absolute Gasteiger partial charge is 0.338 e. The predicted molar refractivity (Wildman–Crippen MR) is 112 cm³/mol. The van der Waals surface area contributed by atoms with Crippen LogP contribution in [0.5, 0.6) is 5.75 Å². The average Bonchev–Trinajstić information content (AvgIpc) is 3.35. The fraction of sp³-hybridized carbons (Fsp3) is 0.227. The molecule has 0 amide bonds. The highest BCUT2D eigenvalue weighted by atomic mass is 32.1. The second kappa shape index (κ2) is 8.16. The molecule has 154 valence electrons. The van der Waals surface area contributed by atoms with Gasteiger partial charge in [0.05, 0.1) is 41.8 Å². The maximum atomic E-state index is 13.3. The summed E-state index contributed by atoms with van der Waals surface area (Å²) < 4.78 is 18.0. The SMILES string of the molecule is CCOC(=O)C1=C(C)N=c2s/c(=C/c3ccco3)c(=O)n2[C@H]1c1cccc(OC)c1. The monoisotopic (exact) mass is 424 g/mol. The van der Waals surface area contributed by atoms with Gasteiger partial charge in [-0.2, -0.15) is 0 Å². The van der Waals surface area contributed by atoms with Gasteiger partial charge in [-0.25, -0.2) is 9.79 Å². The zero-order valence-electron chi connectivity index (χ0n) is 16.7. The van der Waals surface area contributed by atoms with Crippen LogP contribution in [0.4, 0.5) is 0 Å². The first-order chi connectivity index (χ1) is 14.5. The van der Waals surface area contributed by atoms with Crippen LogP contribution in [0.1, 0.15) is 31.2 Å². The number of hydrogen-bond acceptors (Lipinski definition) is 7. The van der Waals surface area contributed by atoms with Gasteiger partial charge in [0.2, 0.25) is 0 Å². The molecule has 0 saturated carbocycles. The summed E-state index contributed by atoms with van der Waals surface area (Å²) in [6, 6.07) is 10.2. The Kier molecular flexibility index (Phi) is 5.41. The van der Waals surface area contributed by atoms with Crippen molar-refractivity contribution in [3.8, 4) is 5.75 Å². The molecular weight excluding hydrogens is 404 g/mol. The molecule has 8 heteroatoms. The minimum absolute atomic E-state index is 0.226. The van der Waals surface area contributed by atoms with Crippen molar-refractivity contribution in [1.82, 2.24) is 4.57 Å². The molecule has 2 aromatic heterocycles. The Morgan fingerprint density at radius 2 is 2.17 bits per heavy atom. The van der Waals surface area contributed by atoms with Crippen LogP contribution in [0.15, 0.2) is 68.1 Å². The minimum atomic E-state index is -0.672. The molecule has 1 aliphatic rings. The molecule has 30 heavy (non-hydrogen) atoms. The van der Waals surface area contributed by atoms with Crippen molar-refractivity contribution >= 4 is 23.4 Å². The number of aromatic nitrogens is 1. The molecule has 3 aromatic rings. The molecule has 0 radical (unpaired) electrons. The van der Waals surface area contributed by atoms with E-state index >= 15 is 0 Å². The molecule has 1 atom stereocenters. The van der Waals surface area contributed by atoms with Crippen LogP contribution < -0.4 is 19.6 Å². The number of rotatable bonds is 5. The Balaban J connectivity index is 1.98. The molecule has 7 nitrogen and oxygen atoms in total. The fourth-order valence-electron chi connectivity index (χ4n) is 3.42. The van der Waals surface area contributed by atoms with Crippen LogP contribution in [-0.2, 0) is 9.53 Å². The van der Waals surface area contributed by atoms with Crippen LogP contribution in [0.3, 0.4) is 0 Å². The molecule has 0 N–H and O–H groups in total. The standard InChI is InChI=1S/C22H20N2O5S/c1-4-28-21(26)18-13(2)23-22-24(19(18)14-7-5-8-15(11-14)27-3)20(25)17(30-22)12-16-9-6-10-29-16/h5-12,19H,4H2,1-3H3/b17-12+/t19-/m0/s1. The van der Waals surface area contributed by atoms with E-state index in [-0.39, 0.29) is 12.2 Å². The Bertz CT molecular complexity index is 1300. The van der Waals surface area contributed by atoms with Crippen molar-refractivity contribution in [3.63, 3.8) is 0 Å². The van der Waals surface area contributed by atoms with Gasteiger partial charge in [0.15, 0.2) is 4.80 Å². The first-order valence-corrected chi connectivity index (χ1v) is 10.2. The average molecular weight is 424 g/mol. The molecule has 0 spiro atoms. The number of furan rings is 1. The number of methoxy groups -OCH3 is 1. The van der Waals surface area contributed by atoms with Gasteiger partial charge in [-0.05, 0) is 43.7 Å². The molecule has 0 bridgehead atoms. The summed E-state index contributed by atoms with van der Waals surface area (Å²) in [4.78, 5) is 31.2. The number of ether oxygens (including phenoxy) is 2. The van der Waals surface area contributed by atoms with E-state index in [0.29, 0.717) is 32.1 Å². The van der Waals surface area contributed by atoms with E-state index in [1.165, 1.54) is 15.9 Å². The number of fused-ring (bicyclic) bond motifs is 1. The molecule has 0 aliphatic carbocycles. The van der Waals surface area contributed by atoms with Gasteiger partial charge in [-0.1, -0.05) is 23.5 Å². The van der Waals surface area contributed by atoms with Crippen molar-refractivity contribution in [2.24, 2.45) is 4.99 Å². The molecule has 0 unspecified atom stereocenters. The van der Waals surface area contributed by atoms with Crippen LogP contribution in [-0.4, -0.2) is 24.3 Å². The van der Waals surface area contributed by atoms with Gasteiger partial charge in [-0.3, -0.25) is 9.36 Å². The summed E-state index contributed by atoms with van der Waals surface area (Å²) in [6.07, 6.45) is 3.22. The van der Waals surface area contributed by atoms with E-state index in [1.54, 1.807) is 45.4 Å². The Hall–Kier alpha value is -3.39. The number of carbonyl (C=O) groups is 1. The first-order valence-electron chi connectivity index (χ1n) is 9.40. The third-order valence-electron chi connectivity index (χ3n) is 4.74. The lowest BCUT2D eigenvalue weighted by Crippen LogP contribution is -2.39. The zero-order chi connectivity index (χ0) is 21.3. The van der Waals surface area contributed by atoms with Crippen molar-refractivity contribution in [2.75, 3.05) is 13.7 Å². The normalized spacial score (nSPS) is 16.2. The number of esters is 1. The fourth-order valence-corrected chi connectivity index (χ4v) is 4.45. The summed E-state index contributed by atoms with van der Waals surface area (Å²) in [5.41, 5.74) is 1.34. The lowest BCUT2D eigenvalue weighted by atomic mass is 9.95. The maximum absolute atomic E-state index is 13.3. The second-order valence-corrected chi connectivity index (χ2v) is 7.60. The molecule has 4 rings (SSSR count). The van der Waals surface area contributed by atoms with Crippen molar-refractivity contribution in [3.05, 3.63) is 84.9 Å². The van der Waals surface area contributed by atoms with Crippen LogP contribution in [0, 0.1) is 0 Å². The van der Waals surface area contributed by atoms with Crippen LogP contribution in [0.2, 0.25) is 0 Å². The predicted octanol–water partition coefficient (Wildman–Crippen LogP) is 2.40. The Morgan fingerprint density at radius 1 is 1.33 bits per heavy atom. The lowest BCUT2D eigenvalue weighted by molar-refractivity contribution is -0.139. The van der Waals surface area contributed by atoms with Gasteiger partial charge in [0.25, 0.3) is 5.56 Å². The molecule has 1 aromatic carbocycles. The second-order valence-electron chi connectivity index (χ2n) is 6.59. The molecular formula is C22H20N2O5S. The lowest BCUT2D eigenvalue weighted by Gasteiger charge is -2.24. The minimum Gasteiger partial charge on any atom is -0.497 e. The first kappa shape index (κ1) is 19.9. The molecule has 0 saturated heterocycles. The number of benzene rings is 1. The molecule has 3 heterocycles. The van der Waals surface area contributed by atoms with E-state index in [0.717, 1.165) is 5.56 Å². The highest BCUT2D eigenvalue weighted by Crippen LogP contribution is 2.32. The highest BCUT2D eigenvalue weighted by molar-refractivity contribution is 7.07. The number of allylic oxidation sites excluding steroid dienone is 1. The molecule has 1 aliphatic heterocycles. The van der Waals surface area contributed by atoms with E-state index in [2.05, 4.69) is 4.99 Å². The van der Waals surface area contributed by atoms with Crippen LogP contribution >= 0.6 is 11.3 Å². The Morgan fingerprint density at radius 3 is 2.87 bits per heavy atom. The largest absolute Gasteiger partial charge is 0.497 e. The van der Waals surface area contributed by atoms with Gasteiger partial charge in [0, 0.05) is 6.08 Å². The van der Waals surface area contributed by atoms with E-state index in [1.807, 2.05) is 24.3 Å². The summed E-state index contributed by atoms with van der Waals surface area (Å²) in [7, 11) is 1.57. The summed E-state index contributed by atoms with van der Waals surface area (Å²) in [5.74, 6) is 0.703. The Labute approximate surface area is 176 Å². The molecule has 0 fully saturated rings. The van der Waals surface area contributed by atoms with Crippen molar-refractivity contribution in [2.45, 2.75) is 19.9 Å².